The van der Waals surface area contributed by atoms with E-state index in [-0.39, 0.29) is 11.8 Å². The van der Waals surface area contributed by atoms with E-state index in [1.807, 2.05) is 62.4 Å². The van der Waals surface area contributed by atoms with Crippen LogP contribution in [0, 0.1) is 5.92 Å². The van der Waals surface area contributed by atoms with Crippen molar-refractivity contribution in [3.63, 3.8) is 0 Å². The van der Waals surface area contributed by atoms with Crippen LogP contribution in [0.4, 0.5) is 5.82 Å². The number of nitrogens with one attached hydrogen (secondary N) is 1. The summed E-state index contributed by atoms with van der Waals surface area (Å²) in [6, 6.07) is 15.7. The SMILES string of the molecule is CC(C)C(=O)n1nc(-c2cccnc2)cc1NCc1ccccc1. The molecule has 0 saturated carbocycles. The molecule has 0 amide bonds. The van der Waals surface area contributed by atoms with Crippen LogP contribution in [0.25, 0.3) is 11.3 Å². The molecule has 0 radical (unpaired) electrons. The molecule has 3 rings (SSSR count). The van der Waals surface area contributed by atoms with Crippen LogP contribution in [0.15, 0.2) is 60.9 Å². The fourth-order valence-electron chi connectivity index (χ4n) is 2.36. The summed E-state index contributed by atoms with van der Waals surface area (Å²) < 4.78 is 1.45. The number of anilines is 1. The normalized spacial score (nSPS) is 10.8. The standard InChI is InChI=1S/C19H20N4O/c1-14(2)19(24)23-18(21-12-15-7-4-3-5-8-15)11-17(22-23)16-9-6-10-20-13-16/h3-11,13-14,21H,12H2,1-2H3. The van der Waals surface area contributed by atoms with E-state index in [4.69, 9.17) is 0 Å². The van der Waals surface area contributed by atoms with E-state index < -0.39 is 0 Å². The number of pyridine rings is 1. The van der Waals surface area contributed by atoms with Crippen molar-refractivity contribution < 1.29 is 4.79 Å². The third-order valence-corrected chi connectivity index (χ3v) is 3.69. The van der Waals surface area contributed by atoms with Gasteiger partial charge in [-0.05, 0) is 17.7 Å². The maximum atomic E-state index is 12.5. The van der Waals surface area contributed by atoms with Crippen molar-refractivity contribution in [1.29, 1.82) is 0 Å². The number of benzene rings is 1. The second-order valence-electron chi connectivity index (χ2n) is 5.90. The van der Waals surface area contributed by atoms with Crippen LogP contribution >= 0.6 is 0 Å². The van der Waals surface area contributed by atoms with Crippen molar-refractivity contribution in [1.82, 2.24) is 14.8 Å². The van der Waals surface area contributed by atoms with E-state index in [0.29, 0.717) is 12.4 Å². The third-order valence-electron chi connectivity index (χ3n) is 3.69. The topological polar surface area (TPSA) is 59.8 Å². The van der Waals surface area contributed by atoms with Crippen LogP contribution in [0.5, 0.6) is 0 Å². The monoisotopic (exact) mass is 320 g/mol. The minimum Gasteiger partial charge on any atom is -0.366 e. The molecule has 5 nitrogen and oxygen atoms in total. The second-order valence-corrected chi connectivity index (χ2v) is 5.90. The first kappa shape index (κ1) is 15.9. The molecule has 5 heteroatoms. The Bertz CT molecular complexity index is 810. The van der Waals surface area contributed by atoms with E-state index in [2.05, 4.69) is 15.4 Å². The van der Waals surface area contributed by atoms with Gasteiger partial charge in [0.15, 0.2) is 0 Å². The molecule has 2 heterocycles. The molecule has 1 aromatic carbocycles. The summed E-state index contributed by atoms with van der Waals surface area (Å²) in [5, 5.41) is 7.79. The van der Waals surface area contributed by atoms with Crippen LogP contribution in [-0.2, 0) is 6.54 Å². The zero-order valence-electron chi connectivity index (χ0n) is 13.8. The van der Waals surface area contributed by atoms with E-state index >= 15 is 0 Å². The molecule has 1 N–H and O–H groups in total. The summed E-state index contributed by atoms with van der Waals surface area (Å²) in [7, 11) is 0. The van der Waals surface area contributed by atoms with Crippen LogP contribution in [0.3, 0.4) is 0 Å². The number of hydrogen-bond acceptors (Lipinski definition) is 4. The molecule has 0 bridgehead atoms. The van der Waals surface area contributed by atoms with Gasteiger partial charge in [-0.1, -0.05) is 44.2 Å². The Morgan fingerprint density at radius 1 is 1.17 bits per heavy atom. The van der Waals surface area contributed by atoms with E-state index in [0.717, 1.165) is 16.8 Å². The highest BCUT2D eigenvalue weighted by molar-refractivity contribution is 5.84. The zero-order valence-corrected chi connectivity index (χ0v) is 13.8. The van der Waals surface area contributed by atoms with Crippen molar-refractivity contribution in [2.45, 2.75) is 20.4 Å². The van der Waals surface area contributed by atoms with Gasteiger partial charge < -0.3 is 5.32 Å². The molecule has 0 unspecified atom stereocenters. The summed E-state index contributed by atoms with van der Waals surface area (Å²) in [6.07, 6.45) is 3.46. The molecule has 0 atom stereocenters. The van der Waals surface area contributed by atoms with Gasteiger partial charge in [0.05, 0.1) is 5.69 Å². The molecule has 0 fully saturated rings. The molecule has 0 aliphatic rings. The van der Waals surface area contributed by atoms with Gasteiger partial charge in [0.2, 0.25) is 0 Å². The van der Waals surface area contributed by atoms with Gasteiger partial charge in [0, 0.05) is 36.5 Å². The molecule has 0 aliphatic heterocycles. The van der Waals surface area contributed by atoms with E-state index in [1.54, 1.807) is 12.4 Å². The second kappa shape index (κ2) is 7.08. The largest absolute Gasteiger partial charge is 0.366 e. The molecular formula is C19H20N4O. The molecule has 0 spiro atoms. The Morgan fingerprint density at radius 3 is 2.62 bits per heavy atom. The minimum atomic E-state index is -0.135. The maximum absolute atomic E-state index is 12.5. The maximum Gasteiger partial charge on any atom is 0.251 e. The lowest BCUT2D eigenvalue weighted by atomic mass is 10.2. The van der Waals surface area contributed by atoms with Gasteiger partial charge in [-0.2, -0.15) is 9.78 Å². The number of rotatable bonds is 5. The summed E-state index contributed by atoms with van der Waals surface area (Å²) in [5.74, 6) is 0.515. The molecule has 122 valence electrons. The fraction of sp³-hybridized carbons (Fsp3) is 0.211. The Balaban J connectivity index is 1.91. The summed E-state index contributed by atoms with van der Waals surface area (Å²) >= 11 is 0. The van der Waals surface area contributed by atoms with Crippen LogP contribution in [0.2, 0.25) is 0 Å². The van der Waals surface area contributed by atoms with Crippen molar-refractivity contribution in [2.75, 3.05) is 5.32 Å². The van der Waals surface area contributed by atoms with E-state index in [1.165, 1.54) is 4.68 Å². The molecule has 2 aromatic heterocycles. The van der Waals surface area contributed by atoms with Crippen molar-refractivity contribution >= 4 is 11.7 Å². The Hall–Kier alpha value is -2.95. The quantitative estimate of drug-likeness (QED) is 0.775. The molecule has 24 heavy (non-hydrogen) atoms. The van der Waals surface area contributed by atoms with E-state index in [9.17, 15) is 4.79 Å². The number of carbonyl (C=O) groups excluding carboxylic acids is 1. The van der Waals surface area contributed by atoms with Gasteiger partial charge in [-0.25, -0.2) is 0 Å². The van der Waals surface area contributed by atoms with Gasteiger partial charge in [-0.15, -0.1) is 0 Å². The van der Waals surface area contributed by atoms with Gasteiger partial charge >= 0.3 is 0 Å². The van der Waals surface area contributed by atoms with Crippen molar-refractivity contribution in [3.05, 3.63) is 66.5 Å². The highest BCUT2D eigenvalue weighted by Crippen LogP contribution is 2.22. The lowest BCUT2D eigenvalue weighted by Gasteiger charge is -2.10. The number of nitrogens with zero attached hydrogens (tertiary/aromatic N) is 3. The third kappa shape index (κ3) is 3.51. The lowest BCUT2D eigenvalue weighted by molar-refractivity contribution is 0.0841. The van der Waals surface area contributed by atoms with Crippen LogP contribution < -0.4 is 5.32 Å². The Morgan fingerprint density at radius 2 is 1.96 bits per heavy atom. The summed E-state index contributed by atoms with van der Waals surface area (Å²) in [4.78, 5) is 16.6. The lowest BCUT2D eigenvalue weighted by Crippen LogP contribution is -2.20. The Kier molecular flexibility index (Phi) is 4.70. The molecule has 0 aliphatic carbocycles. The number of hydrogen-bond donors (Lipinski definition) is 1. The van der Waals surface area contributed by atoms with Gasteiger partial charge in [-0.3, -0.25) is 9.78 Å². The summed E-state index contributed by atoms with van der Waals surface area (Å²) in [5.41, 5.74) is 2.76. The Labute approximate surface area is 141 Å². The van der Waals surface area contributed by atoms with Crippen molar-refractivity contribution in [2.24, 2.45) is 5.92 Å². The first-order valence-electron chi connectivity index (χ1n) is 7.97. The average molecular weight is 320 g/mol. The van der Waals surface area contributed by atoms with Gasteiger partial charge in [0.25, 0.3) is 5.91 Å². The van der Waals surface area contributed by atoms with Crippen LogP contribution in [-0.4, -0.2) is 20.7 Å². The highest BCUT2D eigenvalue weighted by Gasteiger charge is 2.18. The smallest absolute Gasteiger partial charge is 0.251 e. The van der Waals surface area contributed by atoms with Crippen LogP contribution in [0.1, 0.15) is 24.2 Å². The minimum absolute atomic E-state index is 0.0410. The highest BCUT2D eigenvalue weighted by atomic mass is 16.2. The zero-order chi connectivity index (χ0) is 16.9. The number of carbonyl (C=O) groups is 1. The van der Waals surface area contributed by atoms with Crippen molar-refractivity contribution in [3.8, 4) is 11.3 Å². The average Bonchev–Trinajstić information content (AvgIpc) is 3.05. The molecule has 0 saturated heterocycles. The predicted octanol–water partition coefficient (Wildman–Crippen LogP) is 3.85. The fourth-order valence-corrected chi connectivity index (χ4v) is 2.36. The van der Waals surface area contributed by atoms with Gasteiger partial charge in [0.1, 0.15) is 5.82 Å². The first-order valence-corrected chi connectivity index (χ1v) is 7.97. The first-order chi connectivity index (χ1) is 11.6. The summed E-state index contributed by atoms with van der Waals surface area (Å²) in [6.45, 7) is 4.37. The molecular weight excluding hydrogens is 300 g/mol. The predicted molar refractivity (Wildman–Crippen MR) is 94.7 cm³/mol. The number of aromatic nitrogens is 3. The molecule has 3 aromatic rings.